The van der Waals surface area contributed by atoms with Crippen molar-refractivity contribution in [3.8, 4) is 0 Å². The molecule has 0 atom stereocenters. The maximum absolute atomic E-state index is 12.8. The second-order valence-electron chi connectivity index (χ2n) is 6.96. The van der Waals surface area contributed by atoms with E-state index < -0.39 is 10.0 Å². The van der Waals surface area contributed by atoms with Crippen LogP contribution in [0.25, 0.3) is 0 Å². The third-order valence-electron chi connectivity index (χ3n) is 4.32. The molecular formula is C19H20N4O2S. The van der Waals surface area contributed by atoms with Crippen LogP contribution >= 0.6 is 0 Å². The van der Waals surface area contributed by atoms with Gasteiger partial charge in [-0.05, 0) is 51.1 Å². The average Bonchev–Trinajstić information content (AvgIpc) is 2.88. The number of hydrogen-bond donors (Lipinski definition) is 1. The third-order valence-corrected chi connectivity index (χ3v) is 5.63. The minimum absolute atomic E-state index is 0.202. The summed E-state index contributed by atoms with van der Waals surface area (Å²) in [5.41, 5.74) is 5.35. The Hall–Kier alpha value is -2.64. The molecule has 2 heterocycles. The van der Waals surface area contributed by atoms with E-state index in [1.54, 1.807) is 23.2 Å². The lowest BCUT2D eigenvalue weighted by Gasteiger charge is -2.36. The van der Waals surface area contributed by atoms with E-state index in [2.05, 4.69) is 9.82 Å². The van der Waals surface area contributed by atoms with Crippen molar-refractivity contribution in [2.24, 2.45) is 4.40 Å². The highest BCUT2D eigenvalue weighted by Crippen LogP contribution is 2.38. The van der Waals surface area contributed by atoms with Gasteiger partial charge >= 0.3 is 0 Å². The second kappa shape index (κ2) is 5.69. The van der Waals surface area contributed by atoms with E-state index in [1.807, 2.05) is 68.1 Å². The molecular weight excluding hydrogens is 348 g/mol. The van der Waals surface area contributed by atoms with Gasteiger partial charge in [-0.3, -0.25) is 4.90 Å². The van der Waals surface area contributed by atoms with E-state index in [4.69, 9.17) is 0 Å². The van der Waals surface area contributed by atoms with E-state index in [0.717, 1.165) is 11.4 Å². The molecule has 0 aromatic heterocycles. The normalized spacial score (nSPS) is 20.4. The van der Waals surface area contributed by atoms with Crippen molar-refractivity contribution in [1.29, 1.82) is 0 Å². The number of hydrogen-bond acceptors (Lipinski definition) is 5. The maximum atomic E-state index is 12.8. The van der Waals surface area contributed by atoms with Gasteiger partial charge in [-0.2, -0.15) is 8.42 Å². The Balaban J connectivity index is 1.94. The molecule has 0 radical (unpaired) electrons. The van der Waals surface area contributed by atoms with Gasteiger partial charge in [0.2, 0.25) is 5.96 Å². The quantitative estimate of drug-likeness (QED) is 0.836. The molecule has 0 unspecified atom stereocenters. The Morgan fingerprint density at radius 3 is 2.31 bits per heavy atom. The third kappa shape index (κ3) is 2.69. The molecule has 2 aromatic rings. The SMILES string of the molecule is CC1=CC(C)(C)NN1C1=NS(=O)(=O)c2ccccc2N1c1ccccc1. The molecule has 4 rings (SSSR count). The van der Waals surface area contributed by atoms with Crippen molar-refractivity contribution >= 4 is 27.4 Å². The predicted molar refractivity (Wildman–Crippen MR) is 102 cm³/mol. The molecule has 0 aliphatic carbocycles. The van der Waals surface area contributed by atoms with Crippen LogP contribution in [0.3, 0.4) is 0 Å². The van der Waals surface area contributed by atoms with Crippen molar-refractivity contribution in [3.63, 3.8) is 0 Å². The fourth-order valence-corrected chi connectivity index (χ4v) is 4.49. The van der Waals surface area contributed by atoms with Crippen LogP contribution < -0.4 is 10.3 Å². The lowest BCUT2D eigenvalue weighted by molar-refractivity contribution is 0.322. The van der Waals surface area contributed by atoms with E-state index in [1.165, 1.54) is 0 Å². The summed E-state index contributed by atoms with van der Waals surface area (Å²) in [5, 5.41) is 1.74. The highest BCUT2D eigenvalue weighted by molar-refractivity contribution is 7.90. The molecule has 2 aliphatic rings. The summed E-state index contributed by atoms with van der Waals surface area (Å²) in [4.78, 5) is 2.06. The zero-order chi connectivity index (χ0) is 18.5. The standard InChI is InChI=1S/C19H20N4O2S/c1-14-13-19(2,3)21-23(14)18-20-26(24,25)17-12-8-7-11-16(17)22(18)15-9-5-4-6-10-15/h4-13,21H,1-3H3. The molecule has 7 heteroatoms. The van der Waals surface area contributed by atoms with Crippen LogP contribution in [0.4, 0.5) is 11.4 Å². The molecule has 0 fully saturated rings. The Kier molecular flexibility index (Phi) is 3.68. The first-order valence-electron chi connectivity index (χ1n) is 8.35. The van der Waals surface area contributed by atoms with Gasteiger partial charge in [-0.25, -0.2) is 10.4 Å². The van der Waals surface area contributed by atoms with Gasteiger partial charge in [-0.15, -0.1) is 4.40 Å². The van der Waals surface area contributed by atoms with Gasteiger partial charge in [-0.1, -0.05) is 30.3 Å². The lowest BCUT2D eigenvalue weighted by Crippen LogP contribution is -2.52. The van der Waals surface area contributed by atoms with Crippen LogP contribution in [0.5, 0.6) is 0 Å². The van der Waals surface area contributed by atoms with Gasteiger partial charge in [0, 0.05) is 11.4 Å². The number of allylic oxidation sites excluding steroid dienone is 1. The first-order valence-corrected chi connectivity index (χ1v) is 9.79. The Bertz CT molecular complexity index is 1030. The van der Waals surface area contributed by atoms with Gasteiger partial charge in [0.05, 0.1) is 11.2 Å². The zero-order valence-electron chi connectivity index (χ0n) is 14.8. The van der Waals surface area contributed by atoms with E-state index in [0.29, 0.717) is 11.6 Å². The van der Waals surface area contributed by atoms with Crippen molar-refractivity contribution in [2.45, 2.75) is 31.2 Å². The number of nitrogens with one attached hydrogen (secondary N) is 1. The van der Waals surface area contributed by atoms with Gasteiger partial charge < -0.3 is 0 Å². The molecule has 0 saturated carbocycles. The molecule has 0 amide bonds. The summed E-state index contributed by atoms with van der Waals surface area (Å²) in [6.45, 7) is 5.98. The topological polar surface area (TPSA) is 65.0 Å². The molecule has 2 aromatic carbocycles. The minimum Gasteiger partial charge on any atom is -0.278 e. The highest BCUT2D eigenvalue weighted by Gasteiger charge is 2.38. The molecule has 134 valence electrons. The smallest absolute Gasteiger partial charge is 0.278 e. The number of sulfonamides is 1. The Morgan fingerprint density at radius 2 is 1.65 bits per heavy atom. The van der Waals surface area contributed by atoms with Gasteiger partial charge in [0.1, 0.15) is 4.90 Å². The number of anilines is 2. The first-order chi connectivity index (χ1) is 12.3. The van der Waals surface area contributed by atoms with E-state index in [9.17, 15) is 8.42 Å². The molecule has 0 bridgehead atoms. The van der Waals surface area contributed by atoms with Crippen molar-refractivity contribution in [3.05, 3.63) is 66.4 Å². The number of hydrazine groups is 1. The van der Waals surface area contributed by atoms with E-state index in [-0.39, 0.29) is 10.4 Å². The second-order valence-corrected chi connectivity index (χ2v) is 8.53. The molecule has 6 nitrogen and oxygen atoms in total. The van der Waals surface area contributed by atoms with Crippen LogP contribution in [-0.4, -0.2) is 24.9 Å². The van der Waals surface area contributed by atoms with Crippen LogP contribution in [0.15, 0.2) is 75.7 Å². The van der Waals surface area contributed by atoms with Gasteiger partial charge in [0.15, 0.2) is 0 Å². The van der Waals surface area contributed by atoms with E-state index >= 15 is 0 Å². The van der Waals surface area contributed by atoms with Crippen LogP contribution in [0.2, 0.25) is 0 Å². The monoisotopic (exact) mass is 368 g/mol. The number of para-hydroxylation sites is 2. The highest BCUT2D eigenvalue weighted by atomic mass is 32.2. The van der Waals surface area contributed by atoms with Crippen molar-refractivity contribution in [2.75, 3.05) is 4.90 Å². The lowest BCUT2D eigenvalue weighted by atomic mass is 10.1. The zero-order valence-corrected chi connectivity index (χ0v) is 15.7. The predicted octanol–water partition coefficient (Wildman–Crippen LogP) is 3.39. The minimum atomic E-state index is -3.79. The first kappa shape index (κ1) is 16.8. The number of benzene rings is 2. The Morgan fingerprint density at radius 1 is 1.00 bits per heavy atom. The maximum Gasteiger partial charge on any atom is 0.287 e. The summed E-state index contributed by atoms with van der Waals surface area (Å²) >= 11 is 0. The summed E-state index contributed by atoms with van der Waals surface area (Å²) in [6.07, 6.45) is 2.05. The van der Waals surface area contributed by atoms with Crippen LogP contribution in [0, 0.1) is 0 Å². The number of nitrogens with zero attached hydrogens (tertiary/aromatic N) is 3. The molecule has 26 heavy (non-hydrogen) atoms. The van der Waals surface area contributed by atoms with Crippen molar-refractivity contribution in [1.82, 2.24) is 10.4 Å². The number of rotatable bonds is 1. The summed E-state index contributed by atoms with van der Waals surface area (Å²) in [7, 11) is -3.79. The Labute approximate surface area is 153 Å². The molecule has 2 aliphatic heterocycles. The van der Waals surface area contributed by atoms with Crippen molar-refractivity contribution < 1.29 is 8.42 Å². The number of fused-ring (bicyclic) bond motifs is 1. The van der Waals surface area contributed by atoms with Crippen LogP contribution in [-0.2, 0) is 10.0 Å². The fraction of sp³-hybridized carbons (Fsp3) is 0.211. The summed E-state index contributed by atoms with van der Waals surface area (Å²) < 4.78 is 29.7. The number of guanidine groups is 1. The fourth-order valence-electron chi connectivity index (χ4n) is 3.34. The molecule has 0 spiro atoms. The summed E-state index contributed by atoms with van der Waals surface area (Å²) in [5.74, 6) is 0.314. The largest absolute Gasteiger partial charge is 0.287 e. The van der Waals surface area contributed by atoms with Crippen LogP contribution in [0.1, 0.15) is 20.8 Å². The molecule has 0 saturated heterocycles. The average molecular weight is 368 g/mol. The molecule has 1 N–H and O–H groups in total. The summed E-state index contributed by atoms with van der Waals surface area (Å²) in [6, 6.07) is 16.6. The van der Waals surface area contributed by atoms with Gasteiger partial charge in [0.25, 0.3) is 10.0 Å².